The lowest BCUT2D eigenvalue weighted by molar-refractivity contribution is 0.111. The highest BCUT2D eigenvalue weighted by Gasteiger charge is 2.15. The van der Waals surface area contributed by atoms with E-state index < -0.39 is 70.2 Å². The second kappa shape index (κ2) is 13.8. The fraction of sp³-hybridized carbons (Fsp3) is 0.435. The highest BCUT2D eigenvalue weighted by molar-refractivity contribution is 9.10. The number of rotatable bonds is 10. The van der Waals surface area contributed by atoms with Gasteiger partial charge in [0.25, 0.3) is 0 Å². The highest BCUT2D eigenvalue weighted by Crippen LogP contribution is 2.21. The molecule has 2 heterocycles. The zero-order chi connectivity index (χ0) is 38.3. The summed E-state index contributed by atoms with van der Waals surface area (Å²) in [6, 6.07) is 6.87. The Hall–Kier alpha value is -1.67. The van der Waals surface area contributed by atoms with E-state index in [0.717, 1.165) is 9.04 Å². The van der Waals surface area contributed by atoms with Crippen LogP contribution in [0.5, 0.6) is 0 Å². The first-order chi connectivity index (χ1) is 22.0. The van der Waals surface area contributed by atoms with Crippen molar-refractivity contribution in [3.63, 3.8) is 0 Å². The van der Waals surface area contributed by atoms with Gasteiger partial charge in [-0.05, 0) is 30.4 Å². The summed E-state index contributed by atoms with van der Waals surface area (Å²) in [6.07, 6.45) is -16.7. The number of hydrogen-bond donors (Lipinski definition) is 2. The van der Waals surface area contributed by atoms with Gasteiger partial charge in [-0.1, -0.05) is 77.7 Å². The average molecular weight is 561 g/mol. The Labute approximate surface area is 231 Å². The molecule has 0 amide bonds. The number of carbonyl (C=O) groups is 1. The van der Waals surface area contributed by atoms with Gasteiger partial charge in [-0.15, -0.1) is 0 Å². The number of benzene rings is 1. The maximum Gasteiger partial charge on any atom is 0.171 e. The lowest BCUT2D eigenvalue weighted by atomic mass is 10.2. The minimum absolute atomic E-state index is 0.0458. The summed E-state index contributed by atoms with van der Waals surface area (Å²) in [5, 5.41) is 9.22. The van der Waals surface area contributed by atoms with Gasteiger partial charge in [0.1, 0.15) is 22.5 Å². The number of aryl methyl sites for hydroxylation is 2. The highest BCUT2D eigenvalue weighted by atomic mass is 79.9. The summed E-state index contributed by atoms with van der Waals surface area (Å²) < 4.78 is 130. The molecule has 32 heavy (non-hydrogen) atoms. The Morgan fingerprint density at radius 2 is 1.88 bits per heavy atom. The second-order valence-electron chi connectivity index (χ2n) is 5.75. The zero-order valence-corrected chi connectivity index (χ0v) is 19.3. The molecular weight excluding hydrogens is 515 g/mol. The summed E-state index contributed by atoms with van der Waals surface area (Å²) in [4.78, 5) is 20.3. The number of aliphatic hydroxyl groups excluding tert-OH is 1. The number of nitrogens with zero attached hydrogens (tertiary/aromatic N) is 3. The summed E-state index contributed by atoms with van der Waals surface area (Å²) in [7, 11) is 0. The van der Waals surface area contributed by atoms with Gasteiger partial charge in [0.05, 0.1) is 13.6 Å². The summed E-state index contributed by atoms with van der Waals surface area (Å²) >= 11 is 14.9. The van der Waals surface area contributed by atoms with E-state index >= 15 is 0 Å². The molecule has 2 aromatic heterocycles. The van der Waals surface area contributed by atoms with Gasteiger partial charge in [0, 0.05) is 45.7 Å². The van der Waals surface area contributed by atoms with Crippen molar-refractivity contribution in [2.75, 3.05) is 0 Å². The normalized spacial score (nSPS) is 24.1. The molecule has 0 saturated heterocycles. The van der Waals surface area contributed by atoms with Crippen LogP contribution in [0.4, 0.5) is 0 Å². The third-order valence-corrected chi connectivity index (χ3v) is 4.83. The number of aliphatic hydroxyl groups is 1. The number of aromatic amines is 1. The molecule has 6 nitrogen and oxygen atoms in total. The smallest absolute Gasteiger partial charge is 0.171 e. The van der Waals surface area contributed by atoms with Gasteiger partial charge < -0.3 is 14.7 Å². The van der Waals surface area contributed by atoms with Crippen LogP contribution in [0.3, 0.4) is 0 Å². The van der Waals surface area contributed by atoms with Crippen LogP contribution < -0.4 is 0 Å². The summed E-state index contributed by atoms with van der Waals surface area (Å²) in [5.41, 5.74) is 0.188. The van der Waals surface area contributed by atoms with Crippen LogP contribution >= 0.6 is 39.1 Å². The predicted molar refractivity (Wildman–Crippen MR) is 133 cm³/mol. The van der Waals surface area contributed by atoms with Crippen molar-refractivity contribution >= 4 is 45.4 Å². The molecule has 0 spiro atoms. The third-order valence-electron chi connectivity index (χ3n) is 3.74. The van der Waals surface area contributed by atoms with Gasteiger partial charge >= 0.3 is 0 Å². The molecule has 1 aromatic carbocycles. The van der Waals surface area contributed by atoms with Crippen LogP contribution in [-0.2, 0) is 25.9 Å². The maximum atomic E-state index is 10.6. The van der Waals surface area contributed by atoms with Crippen LogP contribution in [0, 0.1) is 0 Å². The fourth-order valence-corrected chi connectivity index (χ4v) is 3.04. The van der Waals surface area contributed by atoms with E-state index in [0.29, 0.717) is 5.56 Å². The van der Waals surface area contributed by atoms with Gasteiger partial charge in [-0.2, -0.15) is 0 Å². The average Bonchev–Trinajstić information content (AvgIpc) is 3.50. The molecule has 0 bridgehead atoms. The first-order valence-electron chi connectivity index (χ1n) is 17.4. The minimum atomic E-state index is -3.37. The molecular formula is C23H29BrCl2N4O2. The van der Waals surface area contributed by atoms with Crippen LogP contribution in [0.15, 0.2) is 28.7 Å². The molecule has 0 fully saturated rings. The van der Waals surface area contributed by atoms with Crippen molar-refractivity contribution < 1.29 is 33.2 Å². The van der Waals surface area contributed by atoms with E-state index in [4.69, 9.17) is 46.5 Å². The molecule has 2 N–H and O–H groups in total. The molecule has 0 saturated carbocycles. The van der Waals surface area contributed by atoms with Crippen molar-refractivity contribution in [3.8, 4) is 0 Å². The zero-order valence-electron chi connectivity index (χ0n) is 33.2. The third kappa shape index (κ3) is 7.73. The maximum absolute atomic E-state index is 10.6. The summed E-state index contributed by atoms with van der Waals surface area (Å²) in [5.74, 6) is -0.812. The van der Waals surface area contributed by atoms with E-state index in [1.807, 2.05) is 0 Å². The lowest BCUT2D eigenvalue weighted by Gasteiger charge is -2.11. The van der Waals surface area contributed by atoms with Crippen molar-refractivity contribution in [2.45, 2.75) is 65.1 Å². The number of aromatic nitrogens is 4. The molecule has 3 unspecified atom stereocenters. The molecule has 3 rings (SSSR count). The van der Waals surface area contributed by atoms with E-state index in [1.54, 1.807) is 24.3 Å². The van der Waals surface area contributed by atoms with E-state index in [9.17, 15) is 9.90 Å². The van der Waals surface area contributed by atoms with E-state index in [2.05, 4.69) is 30.9 Å². The number of halogens is 3. The SMILES string of the molecule is [2H]C(O)c1c(Cl)nc(C([2H])C([2H])([2H])C([2H])([2H])C([2H])([2H])[2H])n1Cc1ccc(Br)cc1.[2H]C(c1nc(C=O)c(Cl)[nH]1)C([2H])([2H])C([2H])([2H])C([2H])([2H])[2H]. The Bertz CT molecular complexity index is 1610. The molecule has 3 atom stereocenters. The lowest BCUT2D eigenvalue weighted by Crippen LogP contribution is -2.09. The molecule has 174 valence electrons. The Kier molecular flexibility index (Phi) is 4.81. The number of hydrogen-bond acceptors (Lipinski definition) is 4. The number of carbonyl (C=O) groups excluding carboxylic acids is 1. The van der Waals surface area contributed by atoms with E-state index in [-0.39, 0.29) is 34.5 Å². The predicted octanol–water partition coefficient (Wildman–Crippen LogP) is 6.40. The van der Waals surface area contributed by atoms with Gasteiger partial charge in [0.2, 0.25) is 0 Å². The largest absolute Gasteiger partial charge is 0.390 e. The quantitative estimate of drug-likeness (QED) is 0.281. The molecule has 0 aliphatic rings. The van der Waals surface area contributed by atoms with Crippen molar-refractivity contribution in [1.82, 2.24) is 19.5 Å². The standard InChI is InChI=1S/C15H18BrClN2O.C8H11ClN2O/c1-2-3-4-14-18-15(17)13(10-20)19(14)9-11-5-7-12(16)8-6-11;1-2-3-4-7-10-6(5-12)8(9)11-7/h5-8,20H,2-4,9-10H2,1H3;5H,2-4H2,1H3,(H,10,11)/i1D3,2D2,3D2,4D,10D;1D3,2D2,3D2,4D. The van der Waals surface area contributed by atoms with Gasteiger partial charge in [-0.3, -0.25) is 4.79 Å². The van der Waals surface area contributed by atoms with Crippen LogP contribution in [0.25, 0.3) is 0 Å². The first-order valence-corrected chi connectivity index (χ1v) is 10.2. The fourth-order valence-electron chi connectivity index (χ4n) is 2.36. The van der Waals surface area contributed by atoms with Crippen LogP contribution in [-0.4, -0.2) is 30.9 Å². The van der Waals surface area contributed by atoms with Crippen molar-refractivity contribution in [1.29, 1.82) is 0 Å². The van der Waals surface area contributed by atoms with Crippen molar-refractivity contribution in [2.24, 2.45) is 0 Å². The monoisotopic (exact) mass is 559 g/mol. The second-order valence-corrected chi connectivity index (χ2v) is 7.41. The number of imidazole rings is 2. The molecule has 0 aliphatic heterocycles. The Balaban J connectivity index is 0.000000365. The Morgan fingerprint density at radius 1 is 1.19 bits per heavy atom. The number of H-pyrrole nitrogens is 1. The van der Waals surface area contributed by atoms with E-state index in [1.165, 1.54) is 0 Å². The molecule has 0 aliphatic carbocycles. The van der Waals surface area contributed by atoms with Gasteiger partial charge in [0.15, 0.2) is 11.4 Å². The summed E-state index contributed by atoms with van der Waals surface area (Å²) in [6.45, 7) is -8.49. The molecule has 3 aromatic rings. The van der Waals surface area contributed by atoms with Crippen LogP contribution in [0.1, 0.15) is 95.9 Å². The van der Waals surface area contributed by atoms with Crippen LogP contribution in [0.2, 0.25) is 10.3 Å². The first kappa shape index (κ1) is 11.2. The molecule has 9 heteroatoms. The topological polar surface area (TPSA) is 83.8 Å². The molecule has 0 radical (unpaired) electrons. The van der Waals surface area contributed by atoms with Gasteiger partial charge in [-0.25, -0.2) is 9.97 Å². The van der Waals surface area contributed by atoms with Crippen molar-refractivity contribution in [3.05, 3.63) is 67.6 Å². The minimum Gasteiger partial charge on any atom is -0.390 e. The Morgan fingerprint density at radius 3 is 2.47 bits per heavy atom. The number of aldehydes is 1. The number of nitrogens with one attached hydrogen (secondary N) is 1.